The van der Waals surface area contributed by atoms with E-state index in [2.05, 4.69) is 0 Å². The van der Waals surface area contributed by atoms with Crippen LogP contribution in [0.3, 0.4) is 0 Å². The zero-order chi connectivity index (χ0) is 5.11. The van der Waals surface area contributed by atoms with Crippen LogP contribution in [-0.2, 0) is 0 Å². The molecule has 32 valence electrons. The van der Waals surface area contributed by atoms with E-state index in [1.165, 1.54) is 0 Å². The molecule has 0 nitrogen and oxygen atoms in total. The minimum absolute atomic E-state index is 0. The van der Waals surface area contributed by atoms with Gasteiger partial charge in [-0.15, -0.1) is 0 Å². The zero-order valence-corrected chi connectivity index (χ0v) is 3.39. The summed E-state index contributed by atoms with van der Waals surface area (Å²) in [4.78, 5) is 0. The zero-order valence-electron chi connectivity index (χ0n) is 4.39. The third-order valence-electron chi connectivity index (χ3n) is 0.607. The molecule has 0 aliphatic heterocycles. The molecule has 0 aliphatic carbocycles. The van der Waals surface area contributed by atoms with Gasteiger partial charge in [0.25, 0.3) is 0 Å². The summed E-state index contributed by atoms with van der Waals surface area (Å²) < 4.78 is 7.00. The number of rotatable bonds is 0. The maximum absolute atomic E-state index is 7.00. The summed E-state index contributed by atoms with van der Waals surface area (Å²) in [5, 5.41) is 0. The molecular weight excluding hydrogens is 79.0 g/mol. The van der Waals surface area contributed by atoms with Crippen LogP contribution in [0.4, 0.5) is 0 Å². The fourth-order valence-corrected chi connectivity index (χ4v) is 0.342. The first-order valence-electron chi connectivity index (χ1n) is 2.41. The normalized spacial score (nSPS) is 8.86. The van der Waals surface area contributed by atoms with Crippen LogP contribution in [0.5, 0.6) is 0 Å². The van der Waals surface area contributed by atoms with Crippen LogP contribution in [0.25, 0.3) is 0 Å². The summed E-state index contributed by atoms with van der Waals surface area (Å²) >= 11 is 0. The molecule has 0 atom stereocenters. The van der Waals surface area contributed by atoms with E-state index in [1.807, 2.05) is 18.2 Å². The average Bonchev–Trinajstić information content (AvgIpc) is 1.69. The van der Waals surface area contributed by atoms with Gasteiger partial charge in [-0.25, -0.2) is 0 Å². The summed E-state index contributed by atoms with van der Waals surface area (Å²) in [6, 6.07) is 9.67. The second-order valence-electron chi connectivity index (χ2n) is 1.08. The minimum atomic E-state index is 0. The van der Waals surface area contributed by atoms with E-state index >= 15 is 0 Å². The van der Waals surface area contributed by atoms with Crippen LogP contribution in [0.1, 0.15) is 1.37 Å². The van der Waals surface area contributed by atoms with Gasteiger partial charge in [0.1, 0.15) is 0 Å². The Morgan fingerprint density at radius 3 is 1.57 bits per heavy atom. The summed E-state index contributed by atoms with van der Waals surface area (Å²) in [5.74, 6) is 0. The average molecular weight is 88.1 g/mol. The third-order valence-corrected chi connectivity index (χ3v) is 0.607. The van der Waals surface area contributed by atoms with Gasteiger partial charge >= 0.3 is 18.9 Å². The van der Waals surface area contributed by atoms with Gasteiger partial charge in [0.15, 0.2) is 0 Å². The van der Waals surface area contributed by atoms with Gasteiger partial charge in [-0.2, -0.15) is 0 Å². The Morgan fingerprint density at radius 2 is 1.29 bits per heavy atom. The van der Waals surface area contributed by atoms with Crippen molar-refractivity contribution < 1.29 is 1.37 Å². The van der Waals surface area contributed by atoms with E-state index in [1.54, 1.807) is 12.1 Å². The Bertz CT molecular complexity index is 138. The predicted octanol–water partition coefficient (Wildman–Crippen LogP) is 1.04. The van der Waals surface area contributed by atoms with Crippen molar-refractivity contribution in [3.63, 3.8) is 0 Å². The second kappa shape index (κ2) is 3.99. The molecule has 0 unspecified atom stereocenters. The molecule has 0 saturated carbocycles. The Morgan fingerprint density at radius 1 is 0.857 bits per heavy atom. The van der Waals surface area contributed by atoms with Crippen molar-refractivity contribution >= 4 is 18.9 Å². The molecule has 7 heavy (non-hydrogen) atoms. The van der Waals surface area contributed by atoms with Crippen LogP contribution < -0.4 is 0 Å². The van der Waals surface area contributed by atoms with Crippen molar-refractivity contribution in [1.29, 1.82) is 0 Å². The number of hydrogen-bond donors (Lipinski definition) is 0. The third kappa shape index (κ3) is 2.50. The van der Waals surface area contributed by atoms with Crippen molar-refractivity contribution in [2.24, 2.45) is 0 Å². The molecule has 1 rings (SSSR count). The van der Waals surface area contributed by atoms with E-state index in [4.69, 9.17) is 1.37 Å². The fourth-order valence-electron chi connectivity index (χ4n) is 0.342. The molecule has 1 heteroatoms. The Kier molecular flexibility index (Phi) is 2.83. The number of hydrogen-bond acceptors (Lipinski definition) is 0. The van der Waals surface area contributed by atoms with Crippen LogP contribution in [0, 0.1) is 0 Å². The number of benzene rings is 1. The molecule has 0 saturated heterocycles. The van der Waals surface area contributed by atoms with Gasteiger partial charge in [-0.1, -0.05) is 36.4 Å². The van der Waals surface area contributed by atoms with E-state index < -0.39 is 0 Å². The van der Waals surface area contributed by atoms with E-state index in [-0.39, 0.29) is 18.9 Å². The molecule has 0 aliphatic rings. The van der Waals surface area contributed by atoms with Gasteiger partial charge in [0, 0.05) is 0 Å². The van der Waals surface area contributed by atoms with E-state index in [0.717, 1.165) is 0 Å². The first kappa shape index (κ1) is 4.96. The monoisotopic (exact) mass is 88.1 g/mol. The molecule has 0 spiro atoms. The molecule has 0 heterocycles. The standard InChI is InChI=1S/C6H6.Li.H/c1-2-4-6-5-3-1;;/h1-6H;;/i1T;;. The maximum atomic E-state index is 7.00. The van der Waals surface area contributed by atoms with Crippen LogP contribution in [0.2, 0.25) is 0 Å². The molecule has 0 fully saturated rings. The van der Waals surface area contributed by atoms with Crippen LogP contribution >= 0.6 is 0 Å². The van der Waals surface area contributed by atoms with Crippen molar-refractivity contribution in [3.05, 3.63) is 36.4 Å². The summed E-state index contributed by atoms with van der Waals surface area (Å²) in [5.41, 5.74) is 0. The molecule has 1 aromatic carbocycles. The Labute approximate surface area is 57.1 Å². The summed E-state index contributed by atoms with van der Waals surface area (Å²) in [7, 11) is 0. The van der Waals surface area contributed by atoms with Crippen molar-refractivity contribution in [3.8, 4) is 0 Å². The Balaban J connectivity index is 0.000000490. The fraction of sp³-hybridized carbons (Fsp3) is 0. The molecular formula is C6H7Li. The Hall–Kier alpha value is -0.183. The van der Waals surface area contributed by atoms with Gasteiger partial charge in [0.05, 0.1) is 1.37 Å². The van der Waals surface area contributed by atoms with Gasteiger partial charge in [0.2, 0.25) is 0 Å². The molecule has 0 bridgehead atoms. The quantitative estimate of drug-likeness (QED) is 0.415. The van der Waals surface area contributed by atoms with Crippen molar-refractivity contribution in [2.45, 2.75) is 0 Å². The molecule has 0 amide bonds. The summed E-state index contributed by atoms with van der Waals surface area (Å²) in [6.45, 7) is 0. The SMILES string of the molecule is [3H]c1ccccc1.[LiH]. The first-order chi connectivity index (χ1) is 3.39. The summed E-state index contributed by atoms with van der Waals surface area (Å²) in [6.07, 6.45) is 0. The predicted molar refractivity (Wildman–Crippen MR) is 33.6 cm³/mol. The van der Waals surface area contributed by atoms with Crippen molar-refractivity contribution in [1.82, 2.24) is 0 Å². The molecule has 0 N–H and O–H groups in total. The van der Waals surface area contributed by atoms with Crippen molar-refractivity contribution in [2.75, 3.05) is 0 Å². The van der Waals surface area contributed by atoms with Crippen LogP contribution in [-0.4, -0.2) is 18.9 Å². The van der Waals surface area contributed by atoms with E-state index in [9.17, 15) is 0 Å². The topological polar surface area (TPSA) is 0 Å². The molecule has 0 aromatic heterocycles. The van der Waals surface area contributed by atoms with Gasteiger partial charge in [-0.05, 0) is 0 Å². The first-order valence-corrected chi connectivity index (χ1v) is 1.91. The molecule has 1 aromatic rings. The van der Waals surface area contributed by atoms with Gasteiger partial charge < -0.3 is 0 Å². The van der Waals surface area contributed by atoms with Gasteiger partial charge in [-0.3, -0.25) is 0 Å². The second-order valence-corrected chi connectivity index (χ2v) is 1.08. The van der Waals surface area contributed by atoms with Crippen LogP contribution in [0.15, 0.2) is 36.4 Å². The van der Waals surface area contributed by atoms with E-state index in [0.29, 0.717) is 6.04 Å². The molecule has 0 radical (unpaired) electrons.